The summed E-state index contributed by atoms with van der Waals surface area (Å²) >= 11 is 0. The van der Waals surface area contributed by atoms with Gasteiger partial charge in [-0.15, -0.1) is 0 Å². The predicted molar refractivity (Wildman–Crippen MR) is 55.3 cm³/mol. The summed E-state index contributed by atoms with van der Waals surface area (Å²) < 4.78 is 0. The molecule has 1 rings (SSSR count). The third kappa shape index (κ3) is 3.09. The van der Waals surface area contributed by atoms with Gasteiger partial charge in [0, 0.05) is 0 Å². The zero-order chi connectivity index (χ0) is 10.4. The molecule has 3 nitrogen and oxygen atoms in total. The van der Waals surface area contributed by atoms with Gasteiger partial charge in [-0.05, 0) is 12.0 Å². The highest BCUT2D eigenvalue weighted by atomic mass is 16.4. The quantitative estimate of drug-likeness (QED) is 0.772. The van der Waals surface area contributed by atoms with Crippen LogP contribution in [0.25, 0.3) is 0 Å². The lowest BCUT2D eigenvalue weighted by Gasteiger charge is -2.16. The third-order valence-corrected chi connectivity index (χ3v) is 2.08. The molecule has 0 saturated heterocycles. The zero-order valence-electron chi connectivity index (χ0n) is 8.23. The minimum absolute atomic E-state index is 0.0845. The van der Waals surface area contributed by atoms with Crippen molar-refractivity contribution in [3.8, 4) is 0 Å². The third-order valence-electron chi connectivity index (χ3n) is 2.08. The summed E-state index contributed by atoms with van der Waals surface area (Å²) in [5, 5.41) is 11.2. The van der Waals surface area contributed by atoms with Crippen molar-refractivity contribution in [2.24, 2.45) is 0 Å². The summed E-state index contributed by atoms with van der Waals surface area (Å²) in [6.07, 6.45) is 0.822. The largest absolute Gasteiger partial charge is 0.465 e. The molecule has 0 aliphatic carbocycles. The summed E-state index contributed by atoms with van der Waals surface area (Å²) in [6, 6.07) is 9.56. The van der Waals surface area contributed by atoms with Crippen LogP contribution in [0.4, 0.5) is 4.79 Å². The van der Waals surface area contributed by atoms with Crippen molar-refractivity contribution < 1.29 is 9.90 Å². The molecule has 14 heavy (non-hydrogen) atoms. The molecule has 0 fully saturated rings. The van der Waals surface area contributed by atoms with Gasteiger partial charge in [0.05, 0.1) is 6.04 Å². The predicted octanol–water partition coefficient (Wildman–Crippen LogP) is 2.80. The SMILES string of the molecule is CCCC(NC(=O)O)c1ccccc1. The molecule has 0 saturated carbocycles. The fourth-order valence-corrected chi connectivity index (χ4v) is 1.45. The first-order valence-corrected chi connectivity index (χ1v) is 4.78. The molecular formula is C11H15NO2. The van der Waals surface area contributed by atoms with Crippen LogP contribution in [0, 0.1) is 0 Å². The second-order valence-electron chi connectivity index (χ2n) is 3.20. The molecule has 1 aromatic carbocycles. The molecule has 3 heteroatoms. The van der Waals surface area contributed by atoms with E-state index >= 15 is 0 Å². The minimum Gasteiger partial charge on any atom is -0.465 e. The van der Waals surface area contributed by atoms with Crippen LogP contribution in [0.15, 0.2) is 30.3 Å². The van der Waals surface area contributed by atoms with E-state index in [1.54, 1.807) is 0 Å². The molecule has 0 aliphatic rings. The minimum atomic E-state index is -0.965. The van der Waals surface area contributed by atoms with Crippen LogP contribution in [0.3, 0.4) is 0 Å². The maximum Gasteiger partial charge on any atom is 0.405 e. The van der Waals surface area contributed by atoms with Gasteiger partial charge in [0.25, 0.3) is 0 Å². The fraction of sp³-hybridized carbons (Fsp3) is 0.364. The first-order valence-electron chi connectivity index (χ1n) is 4.78. The topological polar surface area (TPSA) is 49.3 Å². The van der Waals surface area contributed by atoms with Crippen LogP contribution in [-0.4, -0.2) is 11.2 Å². The number of benzene rings is 1. The first-order chi connectivity index (χ1) is 6.74. The Morgan fingerprint density at radius 1 is 1.43 bits per heavy atom. The van der Waals surface area contributed by atoms with Crippen molar-refractivity contribution in [3.63, 3.8) is 0 Å². The lowest BCUT2D eigenvalue weighted by molar-refractivity contribution is 0.189. The van der Waals surface area contributed by atoms with E-state index in [1.165, 1.54) is 0 Å². The summed E-state index contributed by atoms with van der Waals surface area (Å²) in [7, 11) is 0. The van der Waals surface area contributed by atoms with E-state index in [9.17, 15) is 4.79 Å². The van der Waals surface area contributed by atoms with E-state index in [0.717, 1.165) is 18.4 Å². The molecule has 1 aromatic rings. The van der Waals surface area contributed by atoms with Gasteiger partial charge in [0.15, 0.2) is 0 Å². The van der Waals surface area contributed by atoms with Gasteiger partial charge >= 0.3 is 6.09 Å². The Balaban J connectivity index is 2.72. The number of carboxylic acid groups (broad SMARTS) is 1. The maximum atomic E-state index is 10.5. The van der Waals surface area contributed by atoms with Crippen molar-refractivity contribution in [3.05, 3.63) is 35.9 Å². The van der Waals surface area contributed by atoms with Crippen LogP contribution in [0.1, 0.15) is 31.4 Å². The number of amides is 1. The molecule has 1 amide bonds. The Morgan fingerprint density at radius 3 is 2.57 bits per heavy atom. The smallest absolute Gasteiger partial charge is 0.405 e. The lowest BCUT2D eigenvalue weighted by Crippen LogP contribution is -2.26. The average Bonchev–Trinajstić information content (AvgIpc) is 2.18. The van der Waals surface area contributed by atoms with Crippen LogP contribution in [0.5, 0.6) is 0 Å². The van der Waals surface area contributed by atoms with Gasteiger partial charge in [-0.3, -0.25) is 0 Å². The number of carbonyl (C=O) groups is 1. The van der Waals surface area contributed by atoms with E-state index in [2.05, 4.69) is 5.32 Å². The highest BCUT2D eigenvalue weighted by Gasteiger charge is 2.11. The van der Waals surface area contributed by atoms with Crippen molar-refractivity contribution in [2.45, 2.75) is 25.8 Å². The highest BCUT2D eigenvalue weighted by Crippen LogP contribution is 2.17. The summed E-state index contributed by atoms with van der Waals surface area (Å²) in [6.45, 7) is 2.04. The van der Waals surface area contributed by atoms with Crippen molar-refractivity contribution in [1.29, 1.82) is 0 Å². The number of hydrogen-bond donors (Lipinski definition) is 2. The molecule has 2 N–H and O–H groups in total. The first kappa shape index (κ1) is 10.6. The Bertz CT molecular complexity index is 285. The standard InChI is InChI=1S/C11H15NO2/c1-2-6-10(12-11(13)14)9-7-4-3-5-8-9/h3-5,7-8,10,12H,2,6H2,1H3,(H,13,14). The molecule has 76 valence electrons. The van der Waals surface area contributed by atoms with E-state index in [0.29, 0.717) is 0 Å². The van der Waals surface area contributed by atoms with Crippen LogP contribution < -0.4 is 5.32 Å². The zero-order valence-corrected chi connectivity index (χ0v) is 8.23. The lowest BCUT2D eigenvalue weighted by atomic mass is 10.0. The van der Waals surface area contributed by atoms with Gasteiger partial charge in [0.1, 0.15) is 0 Å². The van der Waals surface area contributed by atoms with E-state index in [1.807, 2.05) is 37.3 Å². The van der Waals surface area contributed by atoms with Crippen molar-refractivity contribution in [1.82, 2.24) is 5.32 Å². The Labute approximate surface area is 83.8 Å². The van der Waals surface area contributed by atoms with Gasteiger partial charge in [-0.1, -0.05) is 43.7 Å². The molecule has 0 aromatic heterocycles. The second-order valence-corrected chi connectivity index (χ2v) is 3.20. The maximum absolute atomic E-state index is 10.5. The van der Waals surface area contributed by atoms with Crippen molar-refractivity contribution >= 4 is 6.09 Å². The van der Waals surface area contributed by atoms with Gasteiger partial charge in [-0.2, -0.15) is 0 Å². The molecule has 0 aliphatic heterocycles. The van der Waals surface area contributed by atoms with Crippen LogP contribution >= 0.6 is 0 Å². The average molecular weight is 193 g/mol. The number of hydrogen-bond acceptors (Lipinski definition) is 1. The van der Waals surface area contributed by atoms with E-state index < -0.39 is 6.09 Å². The molecule has 1 atom stereocenters. The van der Waals surface area contributed by atoms with Gasteiger partial charge < -0.3 is 10.4 Å². The van der Waals surface area contributed by atoms with Crippen LogP contribution in [0.2, 0.25) is 0 Å². The highest BCUT2D eigenvalue weighted by molar-refractivity contribution is 5.65. The van der Waals surface area contributed by atoms with Gasteiger partial charge in [0.2, 0.25) is 0 Å². The molecular weight excluding hydrogens is 178 g/mol. The van der Waals surface area contributed by atoms with Crippen molar-refractivity contribution in [2.75, 3.05) is 0 Å². The fourth-order valence-electron chi connectivity index (χ4n) is 1.45. The Hall–Kier alpha value is -1.51. The second kappa shape index (κ2) is 5.27. The number of nitrogens with one attached hydrogen (secondary N) is 1. The monoisotopic (exact) mass is 193 g/mol. The van der Waals surface area contributed by atoms with E-state index in [-0.39, 0.29) is 6.04 Å². The summed E-state index contributed by atoms with van der Waals surface area (Å²) in [5.74, 6) is 0. The molecule has 0 heterocycles. The van der Waals surface area contributed by atoms with Gasteiger partial charge in [-0.25, -0.2) is 4.79 Å². The number of rotatable bonds is 4. The normalized spacial score (nSPS) is 12.1. The summed E-state index contributed by atoms with van der Waals surface area (Å²) in [5.41, 5.74) is 1.02. The van der Waals surface area contributed by atoms with E-state index in [4.69, 9.17) is 5.11 Å². The molecule has 0 spiro atoms. The summed E-state index contributed by atoms with van der Waals surface area (Å²) in [4.78, 5) is 10.5. The molecule has 0 radical (unpaired) electrons. The molecule has 0 bridgehead atoms. The Morgan fingerprint density at radius 2 is 2.07 bits per heavy atom. The Kier molecular flexibility index (Phi) is 3.98. The van der Waals surface area contributed by atoms with Crippen LogP contribution in [-0.2, 0) is 0 Å². The molecule has 1 unspecified atom stereocenters.